The van der Waals surface area contributed by atoms with Gasteiger partial charge in [0.2, 0.25) is 0 Å². The molecule has 1 aliphatic heterocycles. The Labute approximate surface area is 126 Å². The molecule has 2 aliphatic carbocycles. The van der Waals surface area contributed by atoms with Gasteiger partial charge in [0.15, 0.2) is 5.79 Å². The largest absolute Gasteiger partial charge is 0.497 e. The Hall–Kier alpha value is -1.06. The molecular weight excluding hydrogens is 264 g/mol. The molecule has 1 aromatic carbocycles. The fourth-order valence-corrected chi connectivity index (χ4v) is 4.63. The minimum Gasteiger partial charge on any atom is -0.497 e. The molecule has 3 heteroatoms. The van der Waals surface area contributed by atoms with Crippen LogP contribution in [-0.2, 0) is 22.3 Å². The van der Waals surface area contributed by atoms with Crippen molar-refractivity contribution >= 4 is 0 Å². The van der Waals surface area contributed by atoms with Gasteiger partial charge in [-0.2, -0.15) is 0 Å². The summed E-state index contributed by atoms with van der Waals surface area (Å²) in [5.74, 6) is 2.02. The van der Waals surface area contributed by atoms with E-state index in [1.807, 2.05) is 0 Å². The van der Waals surface area contributed by atoms with Crippen LogP contribution in [-0.4, -0.2) is 26.1 Å². The van der Waals surface area contributed by atoms with Crippen LogP contribution >= 0.6 is 0 Å². The summed E-state index contributed by atoms with van der Waals surface area (Å²) in [6, 6.07) is 6.55. The highest BCUT2D eigenvalue weighted by atomic mass is 16.7. The van der Waals surface area contributed by atoms with E-state index < -0.39 is 0 Å². The topological polar surface area (TPSA) is 27.7 Å². The lowest BCUT2D eigenvalue weighted by Crippen LogP contribution is -2.40. The molecule has 1 spiro atoms. The van der Waals surface area contributed by atoms with Crippen LogP contribution in [0.3, 0.4) is 0 Å². The van der Waals surface area contributed by atoms with Gasteiger partial charge in [0.25, 0.3) is 0 Å². The maximum absolute atomic E-state index is 6.05. The van der Waals surface area contributed by atoms with Crippen molar-refractivity contribution in [2.75, 3.05) is 20.3 Å². The zero-order chi connectivity index (χ0) is 14.3. The zero-order valence-corrected chi connectivity index (χ0v) is 12.8. The summed E-state index contributed by atoms with van der Waals surface area (Å²) in [5.41, 5.74) is 2.96. The molecule has 0 N–H and O–H groups in total. The van der Waals surface area contributed by atoms with Crippen molar-refractivity contribution in [2.24, 2.45) is 11.8 Å². The fourth-order valence-electron chi connectivity index (χ4n) is 4.63. The first-order valence-electron chi connectivity index (χ1n) is 8.24. The first-order chi connectivity index (χ1) is 10.3. The summed E-state index contributed by atoms with van der Waals surface area (Å²) in [6.45, 7) is 1.55. The average molecular weight is 288 g/mol. The van der Waals surface area contributed by atoms with Crippen molar-refractivity contribution in [2.45, 2.75) is 44.3 Å². The Kier molecular flexibility index (Phi) is 3.43. The van der Waals surface area contributed by atoms with Crippen LogP contribution in [0.25, 0.3) is 0 Å². The third kappa shape index (κ3) is 2.27. The van der Waals surface area contributed by atoms with Crippen molar-refractivity contribution in [3.63, 3.8) is 0 Å². The molecule has 2 atom stereocenters. The van der Waals surface area contributed by atoms with Crippen LogP contribution in [0.15, 0.2) is 18.2 Å². The molecule has 1 heterocycles. The van der Waals surface area contributed by atoms with Gasteiger partial charge in [0, 0.05) is 12.3 Å². The molecule has 1 saturated carbocycles. The summed E-state index contributed by atoms with van der Waals surface area (Å²) >= 11 is 0. The lowest BCUT2D eigenvalue weighted by Gasteiger charge is -2.37. The lowest BCUT2D eigenvalue weighted by molar-refractivity contribution is -0.193. The van der Waals surface area contributed by atoms with Crippen molar-refractivity contribution in [1.29, 1.82) is 0 Å². The SMILES string of the molecule is COc1ccc2c(c1)CC[C@@H]([C@@H]1CCCC13OCCO3)C2. The highest BCUT2D eigenvalue weighted by Gasteiger charge is 2.51. The zero-order valence-electron chi connectivity index (χ0n) is 12.8. The molecule has 0 bridgehead atoms. The standard InChI is InChI=1S/C18H24O3/c1-19-16-7-6-13-11-15(5-4-14(13)12-16)17-3-2-8-18(17)20-9-10-21-18/h6-7,12,15,17H,2-5,8-11H2,1H3/t15-,17+/m1/s1. The number of methoxy groups -OCH3 is 1. The molecular formula is C18H24O3. The van der Waals surface area contributed by atoms with Crippen molar-refractivity contribution < 1.29 is 14.2 Å². The van der Waals surface area contributed by atoms with E-state index in [0.29, 0.717) is 11.8 Å². The number of hydrogen-bond acceptors (Lipinski definition) is 3. The van der Waals surface area contributed by atoms with Crippen molar-refractivity contribution in [3.05, 3.63) is 29.3 Å². The van der Waals surface area contributed by atoms with E-state index in [-0.39, 0.29) is 5.79 Å². The molecule has 0 aromatic heterocycles. The van der Waals surface area contributed by atoms with Gasteiger partial charge < -0.3 is 14.2 Å². The first-order valence-corrected chi connectivity index (χ1v) is 8.24. The first kappa shape index (κ1) is 13.6. The van der Waals surface area contributed by atoms with E-state index in [1.54, 1.807) is 7.11 Å². The van der Waals surface area contributed by atoms with Crippen LogP contribution in [0.4, 0.5) is 0 Å². The molecule has 21 heavy (non-hydrogen) atoms. The third-order valence-electron chi connectivity index (χ3n) is 5.63. The molecule has 0 amide bonds. The number of fused-ring (bicyclic) bond motifs is 1. The predicted octanol–water partition coefficient (Wildman–Crippen LogP) is 3.34. The summed E-state index contributed by atoms with van der Waals surface area (Å²) in [4.78, 5) is 0. The minimum atomic E-state index is -0.241. The highest BCUT2D eigenvalue weighted by molar-refractivity contribution is 5.37. The number of rotatable bonds is 2. The van der Waals surface area contributed by atoms with Crippen LogP contribution in [0.1, 0.15) is 36.8 Å². The third-order valence-corrected chi connectivity index (χ3v) is 5.63. The molecule has 2 fully saturated rings. The van der Waals surface area contributed by atoms with Crippen molar-refractivity contribution in [3.8, 4) is 5.75 Å². The maximum Gasteiger partial charge on any atom is 0.171 e. The second-order valence-corrected chi connectivity index (χ2v) is 6.64. The molecule has 1 saturated heterocycles. The molecule has 3 nitrogen and oxygen atoms in total. The van der Waals surface area contributed by atoms with E-state index in [4.69, 9.17) is 14.2 Å². The number of ether oxygens (including phenoxy) is 3. The van der Waals surface area contributed by atoms with Gasteiger partial charge in [-0.15, -0.1) is 0 Å². The Morgan fingerprint density at radius 2 is 2.00 bits per heavy atom. The molecule has 3 aliphatic rings. The van der Waals surface area contributed by atoms with E-state index in [2.05, 4.69) is 18.2 Å². The summed E-state index contributed by atoms with van der Waals surface area (Å²) in [6.07, 6.45) is 7.16. The quantitative estimate of drug-likeness (QED) is 0.835. The van der Waals surface area contributed by atoms with Gasteiger partial charge in [-0.1, -0.05) is 6.07 Å². The van der Waals surface area contributed by atoms with E-state index in [9.17, 15) is 0 Å². The summed E-state index contributed by atoms with van der Waals surface area (Å²) in [7, 11) is 1.74. The second-order valence-electron chi connectivity index (χ2n) is 6.64. The smallest absolute Gasteiger partial charge is 0.171 e. The highest BCUT2D eigenvalue weighted by Crippen LogP contribution is 2.49. The molecule has 114 valence electrons. The summed E-state index contributed by atoms with van der Waals surface area (Å²) in [5, 5.41) is 0. The Morgan fingerprint density at radius 3 is 2.81 bits per heavy atom. The van der Waals surface area contributed by atoms with Gasteiger partial charge in [-0.25, -0.2) is 0 Å². The second kappa shape index (κ2) is 5.29. The predicted molar refractivity (Wildman–Crippen MR) is 80.5 cm³/mol. The van der Waals surface area contributed by atoms with E-state index in [0.717, 1.165) is 31.8 Å². The Balaban J connectivity index is 1.55. The van der Waals surface area contributed by atoms with E-state index >= 15 is 0 Å². The molecule has 1 aromatic rings. The maximum atomic E-state index is 6.05. The number of hydrogen-bond donors (Lipinski definition) is 0. The minimum absolute atomic E-state index is 0.241. The van der Waals surface area contributed by atoms with Gasteiger partial charge in [0.05, 0.1) is 20.3 Å². The van der Waals surface area contributed by atoms with Crippen LogP contribution in [0.2, 0.25) is 0 Å². The number of aryl methyl sites for hydroxylation is 1. The van der Waals surface area contributed by atoms with Gasteiger partial charge in [0.1, 0.15) is 5.75 Å². The van der Waals surface area contributed by atoms with Gasteiger partial charge in [-0.05, 0) is 61.3 Å². The van der Waals surface area contributed by atoms with Gasteiger partial charge in [-0.3, -0.25) is 0 Å². The number of benzene rings is 1. The normalized spacial score (nSPS) is 30.5. The Morgan fingerprint density at radius 1 is 1.14 bits per heavy atom. The van der Waals surface area contributed by atoms with Gasteiger partial charge >= 0.3 is 0 Å². The molecule has 4 rings (SSSR count). The van der Waals surface area contributed by atoms with Crippen LogP contribution < -0.4 is 4.74 Å². The van der Waals surface area contributed by atoms with Crippen LogP contribution in [0, 0.1) is 11.8 Å². The average Bonchev–Trinajstić information content (AvgIpc) is 3.17. The monoisotopic (exact) mass is 288 g/mol. The van der Waals surface area contributed by atoms with E-state index in [1.165, 1.54) is 36.8 Å². The van der Waals surface area contributed by atoms with Crippen LogP contribution in [0.5, 0.6) is 5.75 Å². The Bertz CT molecular complexity index is 514. The van der Waals surface area contributed by atoms with Crippen molar-refractivity contribution in [1.82, 2.24) is 0 Å². The molecule has 0 radical (unpaired) electrons. The summed E-state index contributed by atoms with van der Waals surface area (Å²) < 4.78 is 17.4. The fraction of sp³-hybridized carbons (Fsp3) is 0.667. The molecule has 0 unspecified atom stereocenters. The lowest BCUT2D eigenvalue weighted by atomic mass is 9.74.